The van der Waals surface area contributed by atoms with Crippen molar-refractivity contribution < 1.29 is 4.52 Å². The third kappa shape index (κ3) is 2.02. The molecular weight excluding hydrogens is 210 g/mol. The molecule has 0 unspecified atom stereocenters. The zero-order valence-corrected chi connectivity index (χ0v) is 10.9. The van der Waals surface area contributed by atoms with Crippen molar-refractivity contribution >= 4 is 0 Å². The van der Waals surface area contributed by atoms with Crippen molar-refractivity contribution in [2.24, 2.45) is 5.92 Å². The monoisotopic (exact) mass is 233 g/mol. The van der Waals surface area contributed by atoms with Crippen LogP contribution in [-0.2, 0) is 11.8 Å². The van der Waals surface area contributed by atoms with E-state index in [1.54, 1.807) is 0 Å². The van der Waals surface area contributed by atoms with Crippen molar-refractivity contribution in [1.82, 2.24) is 5.16 Å². The molecule has 94 valence electrons. The van der Waals surface area contributed by atoms with Gasteiger partial charge in [0.05, 0.1) is 5.69 Å². The second kappa shape index (κ2) is 4.47. The molecule has 0 N–H and O–H groups in total. The Balaban J connectivity index is 1.91. The topological polar surface area (TPSA) is 26.0 Å². The van der Waals surface area contributed by atoms with Crippen molar-refractivity contribution in [2.45, 2.75) is 70.1 Å². The van der Waals surface area contributed by atoms with Crippen molar-refractivity contribution in [3.05, 3.63) is 17.5 Å². The second-order valence-electron chi connectivity index (χ2n) is 6.01. The first kappa shape index (κ1) is 11.3. The maximum Gasteiger partial charge on any atom is 0.143 e. The van der Waals surface area contributed by atoms with Crippen LogP contribution in [0.2, 0.25) is 0 Å². The van der Waals surface area contributed by atoms with Crippen LogP contribution >= 0.6 is 0 Å². The Bertz CT molecular complexity index is 372. The number of nitrogens with zero attached hydrogens (tertiary/aromatic N) is 1. The number of hydrogen-bond acceptors (Lipinski definition) is 2. The molecule has 0 amide bonds. The first-order valence-electron chi connectivity index (χ1n) is 7.28. The van der Waals surface area contributed by atoms with Gasteiger partial charge in [-0.05, 0) is 38.0 Å². The lowest BCUT2D eigenvalue weighted by molar-refractivity contribution is 0.245. The van der Waals surface area contributed by atoms with Crippen LogP contribution in [0.5, 0.6) is 0 Å². The molecule has 2 bridgehead atoms. The zero-order chi connectivity index (χ0) is 11.7. The molecule has 0 radical (unpaired) electrons. The molecule has 1 heterocycles. The smallest absolute Gasteiger partial charge is 0.143 e. The Kier molecular flexibility index (Phi) is 2.97. The summed E-state index contributed by atoms with van der Waals surface area (Å²) < 4.78 is 5.68. The van der Waals surface area contributed by atoms with Crippen LogP contribution in [0.4, 0.5) is 0 Å². The highest BCUT2D eigenvalue weighted by Crippen LogP contribution is 2.47. The molecule has 2 saturated carbocycles. The van der Waals surface area contributed by atoms with E-state index in [2.05, 4.69) is 18.1 Å². The highest BCUT2D eigenvalue weighted by molar-refractivity contribution is 5.18. The molecule has 3 rings (SSSR count). The number of aromatic nitrogens is 1. The van der Waals surface area contributed by atoms with E-state index in [0.717, 1.165) is 18.0 Å². The van der Waals surface area contributed by atoms with Crippen LogP contribution in [0.25, 0.3) is 0 Å². The van der Waals surface area contributed by atoms with Gasteiger partial charge in [-0.1, -0.05) is 37.8 Å². The fourth-order valence-electron chi connectivity index (χ4n) is 3.84. The van der Waals surface area contributed by atoms with Gasteiger partial charge in [0.2, 0.25) is 0 Å². The molecule has 17 heavy (non-hydrogen) atoms. The van der Waals surface area contributed by atoms with E-state index in [9.17, 15) is 0 Å². The molecule has 0 aliphatic heterocycles. The number of aryl methyl sites for hydroxylation is 1. The summed E-state index contributed by atoms with van der Waals surface area (Å²) in [6.07, 6.45) is 12.0. The number of fused-ring (bicyclic) bond motifs is 3. The lowest BCUT2D eigenvalue weighted by Crippen LogP contribution is -2.24. The average molecular weight is 233 g/mol. The van der Waals surface area contributed by atoms with Gasteiger partial charge in [-0.3, -0.25) is 0 Å². The van der Waals surface area contributed by atoms with E-state index in [0.29, 0.717) is 5.41 Å². The molecule has 2 aliphatic carbocycles. The fourth-order valence-corrected chi connectivity index (χ4v) is 3.84. The van der Waals surface area contributed by atoms with Crippen LogP contribution in [0.15, 0.2) is 10.6 Å². The van der Waals surface area contributed by atoms with Gasteiger partial charge < -0.3 is 4.52 Å². The molecule has 2 heteroatoms. The van der Waals surface area contributed by atoms with Crippen LogP contribution in [0.3, 0.4) is 0 Å². The van der Waals surface area contributed by atoms with Gasteiger partial charge in [0, 0.05) is 11.5 Å². The Labute approximate surface area is 104 Å². The number of rotatable bonds is 2. The van der Waals surface area contributed by atoms with Crippen molar-refractivity contribution in [2.75, 3.05) is 0 Å². The van der Waals surface area contributed by atoms with E-state index in [1.165, 1.54) is 57.1 Å². The highest BCUT2D eigenvalue weighted by Gasteiger charge is 2.39. The summed E-state index contributed by atoms with van der Waals surface area (Å²) in [7, 11) is 0. The molecular formula is C15H23NO. The quantitative estimate of drug-likeness (QED) is 0.763. The molecule has 0 aromatic carbocycles. The highest BCUT2D eigenvalue weighted by atomic mass is 16.5. The van der Waals surface area contributed by atoms with Gasteiger partial charge in [0.15, 0.2) is 0 Å². The predicted molar refractivity (Wildman–Crippen MR) is 68.0 cm³/mol. The Morgan fingerprint density at radius 2 is 2.00 bits per heavy atom. The Morgan fingerprint density at radius 3 is 2.65 bits per heavy atom. The lowest BCUT2D eigenvalue weighted by Gasteiger charge is -2.29. The maximum absolute atomic E-state index is 5.68. The van der Waals surface area contributed by atoms with E-state index in [1.807, 2.05) is 0 Å². The van der Waals surface area contributed by atoms with Gasteiger partial charge in [-0.15, -0.1) is 0 Å². The van der Waals surface area contributed by atoms with Gasteiger partial charge in [0.25, 0.3) is 0 Å². The van der Waals surface area contributed by atoms with Gasteiger partial charge in [0.1, 0.15) is 5.76 Å². The van der Waals surface area contributed by atoms with Gasteiger partial charge >= 0.3 is 0 Å². The summed E-state index contributed by atoms with van der Waals surface area (Å²) in [5.74, 6) is 2.19. The largest absolute Gasteiger partial charge is 0.361 e. The van der Waals surface area contributed by atoms with E-state index in [-0.39, 0.29) is 0 Å². The van der Waals surface area contributed by atoms with Crippen molar-refractivity contribution in [1.29, 1.82) is 0 Å². The van der Waals surface area contributed by atoms with Gasteiger partial charge in [-0.25, -0.2) is 0 Å². The first-order chi connectivity index (χ1) is 8.32. The summed E-state index contributed by atoms with van der Waals surface area (Å²) in [5, 5.41) is 4.21. The van der Waals surface area contributed by atoms with Crippen molar-refractivity contribution in [3.63, 3.8) is 0 Å². The molecule has 1 aromatic heterocycles. The second-order valence-corrected chi connectivity index (χ2v) is 6.01. The summed E-state index contributed by atoms with van der Waals surface area (Å²) in [4.78, 5) is 0. The van der Waals surface area contributed by atoms with Crippen molar-refractivity contribution in [3.8, 4) is 0 Å². The third-order valence-corrected chi connectivity index (χ3v) is 5.01. The Morgan fingerprint density at radius 1 is 1.24 bits per heavy atom. The predicted octanol–water partition coefficient (Wildman–Crippen LogP) is 4.24. The summed E-state index contributed by atoms with van der Waals surface area (Å²) in [6.45, 7) is 2.15. The summed E-state index contributed by atoms with van der Waals surface area (Å²) in [6, 6.07) is 2.23. The van der Waals surface area contributed by atoms with Crippen LogP contribution in [0, 0.1) is 5.92 Å². The molecule has 2 fully saturated rings. The van der Waals surface area contributed by atoms with Gasteiger partial charge in [-0.2, -0.15) is 0 Å². The molecule has 0 atom stereocenters. The molecule has 2 aliphatic rings. The molecule has 0 spiro atoms. The molecule has 2 nitrogen and oxygen atoms in total. The van der Waals surface area contributed by atoms with E-state index < -0.39 is 0 Å². The minimum absolute atomic E-state index is 0.339. The maximum atomic E-state index is 5.68. The normalized spacial score (nSPS) is 33.4. The SMILES string of the molecule is CCc1cc(C23CCCC(CCC2)CC3)on1. The average Bonchev–Trinajstić information content (AvgIpc) is 2.60. The van der Waals surface area contributed by atoms with Crippen LogP contribution in [-0.4, -0.2) is 5.16 Å². The van der Waals surface area contributed by atoms with Crippen LogP contribution in [0.1, 0.15) is 69.7 Å². The first-order valence-corrected chi connectivity index (χ1v) is 7.28. The molecule has 0 saturated heterocycles. The molecule has 1 aromatic rings. The summed E-state index contributed by atoms with van der Waals surface area (Å²) >= 11 is 0. The minimum atomic E-state index is 0.339. The fraction of sp³-hybridized carbons (Fsp3) is 0.800. The lowest BCUT2D eigenvalue weighted by atomic mass is 9.75. The standard InChI is InChI=1S/C15H23NO/c1-2-13-11-14(17-16-13)15-8-3-5-12(7-10-15)6-4-9-15/h11-12H,2-10H2,1H3. The third-order valence-electron chi connectivity index (χ3n) is 5.01. The van der Waals surface area contributed by atoms with Crippen LogP contribution < -0.4 is 0 Å². The van der Waals surface area contributed by atoms with E-state index >= 15 is 0 Å². The minimum Gasteiger partial charge on any atom is -0.361 e. The number of hydrogen-bond donors (Lipinski definition) is 0. The Hall–Kier alpha value is -0.790. The van der Waals surface area contributed by atoms with E-state index in [4.69, 9.17) is 4.52 Å². The zero-order valence-electron chi connectivity index (χ0n) is 10.9. The summed E-state index contributed by atoms with van der Waals surface area (Å²) in [5.41, 5.74) is 1.46.